The molecule has 3 amide bonds. The Balaban J connectivity index is 1.91. The first-order chi connectivity index (χ1) is 13.4. The average Bonchev–Trinajstić information content (AvgIpc) is 2.70. The fourth-order valence-corrected chi connectivity index (χ4v) is 3.08. The van der Waals surface area contributed by atoms with Gasteiger partial charge in [0.2, 0.25) is 5.91 Å². The first-order valence-electron chi connectivity index (χ1n) is 8.37. The number of carbonyl (C=O) groups excluding carboxylic acids is 4. The lowest BCUT2D eigenvalue weighted by molar-refractivity contribution is -0.126. The van der Waals surface area contributed by atoms with Crippen LogP contribution in [0.25, 0.3) is 0 Å². The number of esters is 1. The van der Waals surface area contributed by atoms with E-state index in [1.807, 2.05) is 0 Å². The zero-order chi connectivity index (χ0) is 20.5. The van der Waals surface area contributed by atoms with Gasteiger partial charge in [0.15, 0.2) is 6.61 Å². The fourth-order valence-electron chi connectivity index (χ4n) is 2.06. The van der Waals surface area contributed by atoms with Gasteiger partial charge < -0.3 is 9.64 Å². The van der Waals surface area contributed by atoms with Crippen LogP contribution >= 0.6 is 11.8 Å². The second-order valence-corrected chi connectivity index (χ2v) is 6.91. The fraction of sp³-hybridized carbons (Fsp3) is 0.200. The Morgan fingerprint density at radius 1 is 0.964 bits per heavy atom. The molecule has 146 valence electrons. The molecular weight excluding hydrogens is 380 g/mol. The summed E-state index contributed by atoms with van der Waals surface area (Å²) in [5, 5.41) is 2.16. The summed E-state index contributed by atoms with van der Waals surface area (Å²) in [6, 6.07) is 14.9. The molecule has 0 aliphatic rings. The minimum atomic E-state index is -0.727. The van der Waals surface area contributed by atoms with E-state index in [4.69, 9.17) is 4.74 Å². The molecule has 0 aromatic heterocycles. The highest BCUT2D eigenvalue weighted by Crippen LogP contribution is 2.23. The SMILES string of the molecule is CN(C)C(=O)CSc1ccccc1C(=O)OCC(=O)NC(=O)c1ccccc1. The third-order valence-electron chi connectivity index (χ3n) is 3.58. The third kappa shape index (κ3) is 6.24. The van der Waals surface area contributed by atoms with Crippen LogP contribution in [0.15, 0.2) is 59.5 Å². The molecule has 1 N–H and O–H groups in total. The molecule has 0 saturated carbocycles. The normalized spacial score (nSPS) is 10.1. The highest BCUT2D eigenvalue weighted by atomic mass is 32.2. The van der Waals surface area contributed by atoms with E-state index in [0.29, 0.717) is 10.5 Å². The highest BCUT2D eigenvalue weighted by molar-refractivity contribution is 8.00. The summed E-state index contributed by atoms with van der Waals surface area (Å²) >= 11 is 1.21. The van der Waals surface area contributed by atoms with E-state index in [1.54, 1.807) is 68.7 Å². The first kappa shape index (κ1) is 21.2. The van der Waals surface area contributed by atoms with Crippen molar-refractivity contribution in [1.29, 1.82) is 0 Å². The molecule has 7 nitrogen and oxygen atoms in total. The predicted octanol–water partition coefficient (Wildman–Crippen LogP) is 1.98. The van der Waals surface area contributed by atoms with Gasteiger partial charge in [-0.2, -0.15) is 0 Å². The van der Waals surface area contributed by atoms with Crippen molar-refractivity contribution < 1.29 is 23.9 Å². The maximum absolute atomic E-state index is 12.3. The Labute approximate surface area is 167 Å². The summed E-state index contributed by atoms with van der Waals surface area (Å²) in [5.41, 5.74) is 0.579. The van der Waals surface area contributed by atoms with E-state index in [9.17, 15) is 19.2 Å². The largest absolute Gasteiger partial charge is 0.452 e. The Morgan fingerprint density at radius 2 is 1.61 bits per heavy atom. The van der Waals surface area contributed by atoms with Crippen LogP contribution in [0.3, 0.4) is 0 Å². The van der Waals surface area contributed by atoms with Gasteiger partial charge in [-0.3, -0.25) is 19.7 Å². The van der Waals surface area contributed by atoms with Crippen molar-refractivity contribution in [3.63, 3.8) is 0 Å². The summed E-state index contributed by atoms with van der Waals surface area (Å²) in [7, 11) is 3.30. The summed E-state index contributed by atoms with van der Waals surface area (Å²) < 4.78 is 5.01. The molecule has 0 aliphatic carbocycles. The Kier molecular flexibility index (Phi) is 7.76. The molecule has 0 aliphatic heterocycles. The zero-order valence-electron chi connectivity index (χ0n) is 15.5. The van der Waals surface area contributed by atoms with Crippen LogP contribution in [0, 0.1) is 0 Å². The van der Waals surface area contributed by atoms with Crippen molar-refractivity contribution in [3.8, 4) is 0 Å². The lowest BCUT2D eigenvalue weighted by Gasteiger charge is -2.12. The molecule has 2 rings (SSSR count). The number of imide groups is 1. The molecule has 28 heavy (non-hydrogen) atoms. The van der Waals surface area contributed by atoms with Crippen LogP contribution in [0.4, 0.5) is 0 Å². The molecule has 0 spiro atoms. The smallest absolute Gasteiger partial charge is 0.339 e. The molecule has 0 bridgehead atoms. The second kappa shape index (κ2) is 10.3. The van der Waals surface area contributed by atoms with Crippen LogP contribution in [-0.2, 0) is 14.3 Å². The maximum atomic E-state index is 12.3. The number of hydrogen-bond donors (Lipinski definition) is 1. The molecule has 8 heteroatoms. The molecule has 0 heterocycles. The summed E-state index contributed by atoms with van der Waals surface area (Å²) in [6.07, 6.45) is 0. The van der Waals surface area contributed by atoms with Gasteiger partial charge >= 0.3 is 5.97 Å². The molecule has 0 unspecified atom stereocenters. The van der Waals surface area contributed by atoms with Crippen LogP contribution in [0.2, 0.25) is 0 Å². The molecular formula is C20H20N2O5S. The summed E-state index contributed by atoms with van der Waals surface area (Å²) in [6.45, 7) is -0.590. The molecule has 0 fully saturated rings. The van der Waals surface area contributed by atoms with Gasteiger partial charge in [-0.05, 0) is 24.3 Å². The van der Waals surface area contributed by atoms with Crippen LogP contribution in [0.1, 0.15) is 20.7 Å². The van der Waals surface area contributed by atoms with Crippen molar-refractivity contribution in [3.05, 3.63) is 65.7 Å². The quantitative estimate of drug-likeness (QED) is 0.564. The Hall–Kier alpha value is -3.13. The molecule has 0 radical (unpaired) electrons. The second-order valence-electron chi connectivity index (χ2n) is 5.89. The summed E-state index contributed by atoms with van der Waals surface area (Å²) in [4.78, 5) is 49.9. The monoisotopic (exact) mass is 400 g/mol. The van der Waals surface area contributed by atoms with E-state index in [1.165, 1.54) is 16.7 Å². The van der Waals surface area contributed by atoms with E-state index in [0.717, 1.165) is 0 Å². The maximum Gasteiger partial charge on any atom is 0.339 e. The van der Waals surface area contributed by atoms with Gasteiger partial charge in [0.05, 0.1) is 11.3 Å². The minimum absolute atomic E-state index is 0.0908. The number of thioether (sulfide) groups is 1. The number of ether oxygens (including phenoxy) is 1. The number of nitrogens with one attached hydrogen (secondary N) is 1. The van der Waals surface area contributed by atoms with Crippen molar-refractivity contribution >= 4 is 35.5 Å². The molecule has 0 saturated heterocycles. The van der Waals surface area contributed by atoms with Gasteiger partial charge in [0.1, 0.15) is 0 Å². The van der Waals surface area contributed by atoms with E-state index >= 15 is 0 Å². The Bertz CT molecular complexity index is 868. The Morgan fingerprint density at radius 3 is 2.29 bits per heavy atom. The van der Waals surface area contributed by atoms with Gasteiger partial charge in [0, 0.05) is 24.6 Å². The van der Waals surface area contributed by atoms with Crippen molar-refractivity contribution in [1.82, 2.24) is 10.2 Å². The molecule has 2 aromatic carbocycles. The van der Waals surface area contributed by atoms with Crippen molar-refractivity contribution in [2.24, 2.45) is 0 Å². The van der Waals surface area contributed by atoms with Gasteiger partial charge in [-0.25, -0.2) is 4.79 Å². The molecule has 0 atom stereocenters. The summed E-state index contributed by atoms with van der Waals surface area (Å²) in [5.74, 6) is -1.92. The molecule has 2 aromatic rings. The number of amides is 3. The van der Waals surface area contributed by atoms with Gasteiger partial charge in [-0.1, -0.05) is 30.3 Å². The minimum Gasteiger partial charge on any atom is -0.452 e. The average molecular weight is 400 g/mol. The lowest BCUT2D eigenvalue weighted by Crippen LogP contribution is -2.34. The van der Waals surface area contributed by atoms with Crippen molar-refractivity contribution in [2.75, 3.05) is 26.5 Å². The van der Waals surface area contributed by atoms with Crippen molar-refractivity contribution in [2.45, 2.75) is 4.90 Å². The standard InChI is InChI=1S/C20H20N2O5S/c1-22(2)18(24)13-28-16-11-7-6-10-15(16)20(26)27-12-17(23)21-19(25)14-8-4-3-5-9-14/h3-11H,12-13H2,1-2H3,(H,21,23,25). The van der Waals surface area contributed by atoms with E-state index < -0.39 is 24.4 Å². The third-order valence-corrected chi connectivity index (χ3v) is 4.64. The number of hydrogen-bond acceptors (Lipinski definition) is 6. The van der Waals surface area contributed by atoms with Crippen LogP contribution in [-0.4, -0.2) is 55.0 Å². The topological polar surface area (TPSA) is 92.8 Å². The van der Waals surface area contributed by atoms with E-state index in [2.05, 4.69) is 5.32 Å². The van der Waals surface area contributed by atoms with Crippen LogP contribution < -0.4 is 5.32 Å². The number of rotatable bonds is 7. The number of benzene rings is 2. The highest BCUT2D eigenvalue weighted by Gasteiger charge is 2.17. The number of nitrogens with zero attached hydrogens (tertiary/aromatic N) is 1. The zero-order valence-corrected chi connectivity index (χ0v) is 16.3. The number of carbonyl (C=O) groups is 4. The van der Waals surface area contributed by atoms with Gasteiger partial charge in [0.25, 0.3) is 11.8 Å². The predicted molar refractivity (Wildman–Crippen MR) is 105 cm³/mol. The van der Waals surface area contributed by atoms with Crippen LogP contribution in [0.5, 0.6) is 0 Å². The van der Waals surface area contributed by atoms with Gasteiger partial charge in [-0.15, -0.1) is 11.8 Å². The first-order valence-corrected chi connectivity index (χ1v) is 9.35. The van der Waals surface area contributed by atoms with E-state index in [-0.39, 0.29) is 17.2 Å². The lowest BCUT2D eigenvalue weighted by atomic mass is 10.2.